The summed E-state index contributed by atoms with van der Waals surface area (Å²) in [7, 11) is 1.67. The highest BCUT2D eigenvalue weighted by atomic mass is 19.4. The molecule has 0 spiro atoms. The molecule has 2 bridgehead atoms. The van der Waals surface area contributed by atoms with E-state index >= 15 is 8.78 Å². The van der Waals surface area contributed by atoms with Crippen molar-refractivity contribution >= 4 is 29.8 Å². The summed E-state index contributed by atoms with van der Waals surface area (Å²) in [6.45, 7) is 5.44. The Morgan fingerprint density at radius 1 is 0.787 bits per heavy atom. The van der Waals surface area contributed by atoms with Crippen molar-refractivity contribution in [1.82, 2.24) is 41.3 Å². The SMILES string of the molecule is COC(=O)N[C@H](C(=O)N[C@@H](Cc1ccc(C#Cc2ccc(N3CC4CCC(C3)N4C3COC3)nc2C)cc1)[C@@H](O)CN(Cc1c(F)cc(-c2ccccn2)cc1F)NC(=O)[C@@H](NC(=O)OC)C(C)(C)C(F)(F)F)C(C)(C)C(F)(F)F. The van der Waals surface area contributed by atoms with E-state index in [0.29, 0.717) is 73.2 Å². The number of nitrogens with one attached hydrogen (secondary N) is 4. The number of halogens is 8. The van der Waals surface area contributed by atoms with Gasteiger partial charge in [-0.05, 0) is 108 Å². The molecule has 80 heavy (non-hydrogen) atoms. The van der Waals surface area contributed by atoms with Crippen molar-refractivity contribution in [1.29, 1.82) is 0 Å². The first kappa shape index (κ1) is 60.5. The Morgan fingerprint density at radius 2 is 1.36 bits per heavy atom. The van der Waals surface area contributed by atoms with Crippen LogP contribution in [-0.2, 0) is 36.8 Å². The fourth-order valence-corrected chi connectivity index (χ4v) is 9.81. The maximum atomic E-state index is 16.1. The molecule has 5 heterocycles. The number of rotatable bonds is 18. The Kier molecular flexibility index (Phi) is 18.7. The van der Waals surface area contributed by atoms with E-state index in [0.717, 1.165) is 71.3 Å². The number of alkyl carbamates (subject to hydrolysis) is 2. The van der Waals surface area contributed by atoms with Crippen LogP contribution in [0.15, 0.2) is 72.9 Å². The number of aryl methyl sites for hydroxylation is 1. The lowest BCUT2D eigenvalue weighted by molar-refractivity contribution is -0.221. The second-order valence-corrected chi connectivity index (χ2v) is 21.1. The van der Waals surface area contributed by atoms with Gasteiger partial charge in [0.25, 0.3) is 5.91 Å². The van der Waals surface area contributed by atoms with Crippen molar-refractivity contribution in [2.24, 2.45) is 10.8 Å². The van der Waals surface area contributed by atoms with E-state index in [1.807, 2.05) is 29.7 Å². The van der Waals surface area contributed by atoms with Crippen LogP contribution < -0.4 is 26.3 Å². The third-order valence-corrected chi connectivity index (χ3v) is 15.0. The lowest BCUT2D eigenvalue weighted by atomic mass is 9.82. The summed E-state index contributed by atoms with van der Waals surface area (Å²) in [5.74, 6) is 1.46. The van der Waals surface area contributed by atoms with Crippen molar-refractivity contribution in [2.75, 3.05) is 52.0 Å². The summed E-state index contributed by atoms with van der Waals surface area (Å²) in [6.07, 6.45) is -12.1. The van der Waals surface area contributed by atoms with Crippen LogP contribution in [0.25, 0.3) is 11.3 Å². The van der Waals surface area contributed by atoms with Gasteiger partial charge in [0.1, 0.15) is 29.5 Å². The van der Waals surface area contributed by atoms with Crippen molar-refractivity contribution in [3.63, 3.8) is 0 Å². The highest BCUT2D eigenvalue weighted by Gasteiger charge is 2.57. The summed E-state index contributed by atoms with van der Waals surface area (Å²) < 4.78 is 134. The number of aliphatic hydroxyl groups is 1. The number of alkyl halides is 6. The number of hydrogen-bond donors (Lipinski definition) is 5. The number of pyridine rings is 2. The van der Waals surface area contributed by atoms with Gasteiger partial charge in [0.15, 0.2) is 0 Å². The van der Waals surface area contributed by atoms with Crippen LogP contribution in [0.2, 0.25) is 0 Å². The topological polar surface area (TPSA) is 200 Å². The Labute approximate surface area is 457 Å². The molecule has 2 aromatic heterocycles. The van der Waals surface area contributed by atoms with Crippen LogP contribution >= 0.6 is 0 Å². The molecule has 2 aromatic carbocycles. The molecular weight excluding hydrogens is 1070 g/mol. The molecule has 0 radical (unpaired) electrons. The van der Waals surface area contributed by atoms with Gasteiger partial charge in [-0.1, -0.05) is 30.0 Å². The largest absolute Gasteiger partial charge is 0.453 e. The number of amides is 4. The second-order valence-electron chi connectivity index (χ2n) is 21.1. The third kappa shape index (κ3) is 13.9. The van der Waals surface area contributed by atoms with Gasteiger partial charge in [-0.3, -0.25) is 24.9 Å². The maximum Gasteiger partial charge on any atom is 0.407 e. The van der Waals surface area contributed by atoms with E-state index in [1.54, 1.807) is 24.3 Å². The number of aliphatic hydroxyl groups excluding tert-OH is 1. The number of hydrazine groups is 1. The van der Waals surface area contributed by atoms with Crippen molar-refractivity contribution in [2.45, 2.75) is 115 Å². The Balaban J connectivity index is 1.19. The normalized spacial score (nSPS) is 18.4. The zero-order valence-corrected chi connectivity index (χ0v) is 44.9. The first-order chi connectivity index (χ1) is 37.6. The number of anilines is 1. The van der Waals surface area contributed by atoms with Gasteiger partial charge in [0, 0.05) is 66.7 Å². The van der Waals surface area contributed by atoms with Crippen molar-refractivity contribution in [3.05, 3.63) is 113 Å². The van der Waals surface area contributed by atoms with Gasteiger partial charge in [-0.15, -0.1) is 0 Å². The molecule has 25 heteroatoms. The van der Waals surface area contributed by atoms with Crippen LogP contribution in [0.4, 0.5) is 50.5 Å². The number of carbonyl (C=O) groups is 4. The summed E-state index contributed by atoms with van der Waals surface area (Å²) in [6, 6.07) is 11.1. The van der Waals surface area contributed by atoms with Gasteiger partial charge in [-0.2, -0.15) is 26.3 Å². The average molecular weight is 1130 g/mol. The molecule has 4 amide bonds. The molecule has 3 saturated heterocycles. The standard InChI is InChI=1S/C55H63F8N9O8/c1-31-34(17-20-45(65-31)70-25-36-18-19-37(26-70)72(36)38-29-80-30-38)16-15-32-11-13-33(14-12-32)22-43(66-48(74)46(67-50(76)78-6)52(2,3)54(58,59)60)44(73)28-71(69-49(75)47(68-51(77)79-7)53(4,5)55(61,62)63)27-39-40(56)23-35(24-41(39)57)42-10-8-9-21-64-42/h8-14,17,20-21,23-24,36-38,43-44,46-47,73H,18-19,22,25-30H2,1-7H3,(H,66,74)(H,67,76)(H,68,77)(H,69,75)/t36?,37?,43-,44-,46+,47+/m0/s1. The quantitative estimate of drug-likeness (QED) is 0.0400. The summed E-state index contributed by atoms with van der Waals surface area (Å²) >= 11 is 0. The lowest BCUT2D eigenvalue weighted by Crippen LogP contribution is -2.63. The molecule has 0 saturated carbocycles. The van der Waals surface area contributed by atoms with E-state index in [9.17, 15) is 50.6 Å². The monoisotopic (exact) mass is 1130 g/mol. The number of methoxy groups -OCH3 is 2. The Morgan fingerprint density at radius 3 is 1.86 bits per heavy atom. The van der Waals surface area contributed by atoms with Gasteiger partial charge in [0.2, 0.25) is 5.91 Å². The van der Waals surface area contributed by atoms with Crippen LogP contribution in [0.5, 0.6) is 0 Å². The molecule has 432 valence electrons. The molecule has 0 aliphatic carbocycles. The molecule has 3 aliphatic heterocycles. The number of ether oxygens (including phenoxy) is 3. The highest BCUT2D eigenvalue weighted by Crippen LogP contribution is 2.42. The molecule has 17 nitrogen and oxygen atoms in total. The molecule has 3 fully saturated rings. The molecule has 7 rings (SSSR count). The summed E-state index contributed by atoms with van der Waals surface area (Å²) in [4.78, 5) is 66.8. The Hall–Kier alpha value is -7.14. The number of nitrogens with zero attached hydrogens (tertiary/aromatic N) is 5. The molecule has 2 unspecified atom stereocenters. The second kappa shape index (κ2) is 24.7. The van der Waals surface area contributed by atoms with E-state index in [-0.39, 0.29) is 11.3 Å². The van der Waals surface area contributed by atoms with Crippen LogP contribution in [-0.4, -0.2) is 151 Å². The smallest absolute Gasteiger partial charge is 0.407 e. The van der Waals surface area contributed by atoms with E-state index in [2.05, 4.69) is 46.8 Å². The number of piperazine rings is 1. The first-order valence-electron chi connectivity index (χ1n) is 25.6. The maximum absolute atomic E-state index is 16.1. The van der Waals surface area contributed by atoms with E-state index in [4.69, 9.17) is 9.72 Å². The number of aromatic nitrogens is 2. The van der Waals surface area contributed by atoms with Gasteiger partial charge in [-0.25, -0.2) is 28.4 Å². The highest BCUT2D eigenvalue weighted by molar-refractivity contribution is 5.87. The van der Waals surface area contributed by atoms with Gasteiger partial charge < -0.3 is 40.2 Å². The van der Waals surface area contributed by atoms with Gasteiger partial charge >= 0.3 is 24.5 Å². The average Bonchev–Trinajstić information content (AvgIpc) is 3.62. The number of hydrogen-bond acceptors (Lipinski definition) is 13. The van der Waals surface area contributed by atoms with Crippen LogP contribution in [0.3, 0.4) is 0 Å². The number of benzene rings is 2. The summed E-state index contributed by atoms with van der Waals surface area (Å²) in [5.41, 5.74) is -2.45. The third-order valence-electron chi connectivity index (χ3n) is 15.0. The predicted octanol–water partition coefficient (Wildman–Crippen LogP) is 6.73. The first-order valence-corrected chi connectivity index (χ1v) is 25.6. The molecule has 4 aromatic rings. The summed E-state index contributed by atoms with van der Waals surface area (Å²) in [5, 5.41) is 18.8. The number of fused-ring (bicyclic) bond motifs is 2. The van der Waals surface area contributed by atoms with Crippen LogP contribution in [0.1, 0.15) is 68.5 Å². The van der Waals surface area contributed by atoms with E-state index < -0.39 is 108 Å². The molecule has 3 aliphatic rings. The van der Waals surface area contributed by atoms with Crippen molar-refractivity contribution in [3.8, 4) is 23.1 Å². The minimum Gasteiger partial charge on any atom is -0.453 e. The zero-order chi connectivity index (χ0) is 58.5. The fourth-order valence-electron chi connectivity index (χ4n) is 9.81. The van der Waals surface area contributed by atoms with E-state index in [1.165, 1.54) is 24.4 Å². The predicted molar refractivity (Wildman–Crippen MR) is 275 cm³/mol. The zero-order valence-electron chi connectivity index (χ0n) is 44.9. The minimum absolute atomic E-state index is 0.0290. The molecule has 6 atom stereocenters. The van der Waals surface area contributed by atoms with Crippen LogP contribution in [0, 0.1) is 41.2 Å². The minimum atomic E-state index is -5.18. The number of carbonyl (C=O) groups excluding carboxylic acids is 4. The molecule has 5 N–H and O–H groups in total. The lowest BCUT2D eigenvalue weighted by Gasteiger charge is -2.48. The van der Waals surface area contributed by atoms with Gasteiger partial charge in [0.05, 0.1) is 67.8 Å². The Bertz CT molecular complexity index is 2900. The molecular formula is C55H63F8N9O8. The van der Waals surface area contributed by atoms with Crippen molar-refractivity contribution < 1.29 is 73.6 Å². The fraction of sp³-hybridized carbons (Fsp3) is 0.491.